The van der Waals surface area contributed by atoms with Gasteiger partial charge in [-0.1, -0.05) is 29.4 Å². The quantitative estimate of drug-likeness (QED) is 0.830. The molecular formula is C13H17N3O3S. The van der Waals surface area contributed by atoms with E-state index in [0.717, 1.165) is 11.3 Å². The molecule has 0 bridgehead atoms. The molecule has 2 rings (SSSR count). The molecule has 20 heavy (non-hydrogen) atoms. The molecule has 0 spiro atoms. The maximum Gasteiger partial charge on any atom is 0.216 e. The molecule has 0 saturated heterocycles. The molecule has 1 heterocycles. The minimum absolute atomic E-state index is 0.0784. The van der Waals surface area contributed by atoms with Gasteiger partial charge in [-0.25, -0.2) is 13.1 Å². The van der Waals surface area contributed by atoms with Crippen LogP contribution in [0.3, 0.4) is 0 Å². The molecule has 6 nitrogen and oxygen atoms in total. The summed E-state index contributed by atoms with van der Waals surface area (Å²) in [6.07, 6.45) is 0. The van der Waals surface area contributed by atoms with E-state index >= 15 is 0 Å². The van der Waals surface area contributed by atoms with Crippen LogP contribution in [0.5, 0.6) is 0 Å². The Labute approximate surface area is 118 Å². The van der Waals surface area contributed by atoms with Crippen molar-refractivity contribution in [3.8, 4) is 0 Å². The third-order valence-corrected chi connectivity index (χ3v) is 4.06. The first-order chi connectivity index (χ1) is 9.48. The van der Waals surface area contributed by atoms with Gasteiger partial charge in [0.15, 0.2) is 5.76 Å². The van der Waals surface area contributed by atoms with Crippen LogP contribution in [-0.4, -0.2) is 13.6 Å². The second-order valence-corrected chi connectivity index (χ2v) is 6.34. The highest BCUT2D eigenvalue weighted by Crippen LogP contribution is 2.08. The van der Waals surface area contributed by atoms with Crippen LogP contribution in [0.4, 0.5) is 0 Å². The third kappa shape index (κ3) is 4.16. The van der Waals surface area contributed by atoms with E-state index < -0.39 is 10.0 Å². The molecule has 0 amide bonds. The van der Waals surface area contributed by atoms with Gasteiger partial charge in [-0.3, -0.25) is 0 Å². The minimum Gasteiger partial charge on any atom is -0.360 e. The second kappa shape index (κ2) is 6.17. The van der Waals surface area contributed by atoms with Crippen LogP contribution in [-0.2, 0) is 28.9 Å². The number of hydrogen-bond acceptors (Lipinski definition) is 5. The lowest BCUT2D eigenvalue weighted by Crippen LogP contribution is -2.24. The average Bonchev–Trinajstić information content (AvgIpc) is 2.83. The van der Waals surface area contributed by atoms with Gasteiger partial charge in [0.1, 0.15) is 0 Å². The Hall–Kier alpha value is -1.70. The molecule has 0 atom stereocenters. The van der Waals surface area contributed by atoms with Crippen molar-refractivity contribution in [2.24, 2.45) is 5.73 Å². The minimum atomic E-state index is -3.41. The van der Waals surface area contributed by atoms with Gasteiger partial charge in [0.25, 0.3) is 0 Å². The fourth-order valence-corrected chi connectivity index (χ4v) is 2.82. The summed E-state index contributed by atoms with van der Waals surface area (Å²) in [5, 5.41) is 3.70. The zero-order valence-electron chi connectivity index (χ0n) is 11.2. The Balaban J connectivity index is 1.96. The summed E-state index contributed by atoms with van der Waals surface area (Å²) < 4.78 is 31.3. The fourth-order valence-electron chi connectivity index (χ4n) is 1.72. The average molecular weight is 295 g/mol. The molecule has 0 unspecified atom stereocenters. The van der Waals surface area contributed by atoms with Crippen LogP contribution in [0.2, 0.25) is 0 Å². The molecule has 0 aliphatic carbocycles. The largest absolute Gasteiger partial charge is 0.360 e. The molecule has 0 saturated carbocycles. The maximum atomic E-state index is 11.9. The van der Waals surface area contributed by atoms with Crippen molar-refractivity contribution in [2.45, 2.75) is 25.8 Å². The highest BCUT2D eigenvalue weighted by atomic mass is 32.2. The van der Waals surface area contributed by atoms with E-state index in [1.165, 1.54) is 0 Å². The van der Waals surface area contributed by atoms with Crippen molar-refractivity contribution >= 4 is 10.0 Å². The van der Waals surface area contributed by atoms with E-state index in [2.05, 4.69) is 9.88 Å². The first kappa shape index (κ1) is 14.7. The number of benzene rings is 1. The number of nitrogens with one attached hydrogen (secondary N) is 1. The van der Waals surface area contributed by atoms with E-state index in [9.17, 15) is 8.42 Å². The van der Waals surface area contributed by atoms with Crippen molar-refractivity contribution < 1.29 is 12.9 Å². The second-order valence-electron chi connectivity index (χ2n) is 4.54. The van der Waals surface area contributed by atoms with Crippen LogP contribution in [0.15, 0.2) is 34.9 Å². The zero-order valence-corrected chi connectivity index (χ0v) is 12.0. The predicted octanol–water partition coefficient (Wildman–Crippen LogP) is 1.06. The summed E-state index contributed by atoms with van der Waals surface area (Å²) in [4.78, 5) is 0. The number of nitrogens with zero attached hydrogens (tertiary/aromatic N) is 1. The first-order valence-corrected chi connectivity index (χ1v) is 7.81. The molecule has 1 aromatic carbocycles. The summed E-state index contributed by atoms with van der Waals surface area (Å²) >= 11 is 0. The molecule has 1 aromatic heterocycles. The van der Waals surface area contributed by atoms with E-state index in [1.54, 1.807) is 25.1 Å². The van der Waals surface area contributed by atoms with Gasteiger partial charge in [0.05, 0.1) is 18.0 Å². The molecule has 0 radical (unpaired) electrons. The predicted molar refractivity (Wildman–Crippen MR) is 75.0 cm³/mol. The number of nitrogens with two attached hydrogens (primary N) is 1. The van der Waals surface area contributed by atoms with Gasteiger partial charge in [-0.15, -0.1) is 0 Å². The van der Waals surface area contributed by atoms with Crippen LogP contribution in [0, 0.1) is 6.92 Å². The Morgan fingerprint density at radius 2 is 1.90 bits per heavy atom. The van der Waals surface area contributed by atoms with E-state index in [1.807, 2.05) is 12.1 Å². The van der Waals surface area contributed by atoms with Gasteiger partial charge in [-0.05, 0) is 18.1 Å². The Bertz CT molecular complexity index is 662. The summed E-state index contributed by atoms with van der Waals surface area (Å²) in [5.74, 6) is 0.412. The maximum absolute atomic E-state index is 11.9. The molecule has 108 valence electrons. The number of rotatable bonds is 6. The standard InChI is InChI=1S/C13H17N3O3S/c1-10-6-13(19-16-10)8-15-20(17,18)9-12-4-2-11(7-14)3-5-12/h2-6,15H,7-9,14H2,1H3. The van der Waals surface area contributed by atoms with Crippen molar-refractivity contribution in [3.05, 3.63) is 52.9 Å². The van der Waals surface area contributed by atoms with Gasteiger partial charge >= 0.3 is 0 Å². The van der Waals surface area contributed by atoms with Crippen LogP contribution >= 0.6 is 0 Å². The number of sulfonamides is 1. The summed E-state index contributed by atoms with van der Waals surface area (Å²) in [7, 11) is -3.41. The monoisotopic (exact) mass is 295 g/mol. The van der Waals surface area contributed by atoms with Gasteiger partial charge in [-0.2, -0.15) is 0 Å². The van der Waals surface area contributed by atoms with Gasteiger partial charge in [0, 0.05) is 12.6 Å². The lowest BCUT2D eigenvalue weighted by atomic mass is 10.1. The molecular weight excluding hydrogens is 278 g/mol. The SMILES string of the molecule is Cc1cc(CNS(=O)(=O)Cc2ccc(CN)cc2)on1. The van der Waals surface area contributed by atoms with Crippen molar-refractivity contribution in [2.75, 3.05) is 0 Å². The van der Waals surface area contributed by atoms with Gasteiger partial charge < -0.3 is 10.3 Å². The molecule has 0 aliphatic heterocycles. The van der Waals surface area contributed by atoms with Crippen molar-refractivity contribution in [1.82, 2.24) is 9.88 Å². The summed E-state index contributed by atoms with van der Waals surface area (Å²) in [6, 6.07) is 8.87. The number of aryl methyl sites for hydroxylation is 1. The van der Waals surface area contributed by atoms with Crippen LogP contribution in [0.1, 0.15) is 22.6 Å². The lowest BCUT2D eigenvalue weighted by molar-refractivity contribution is 0.377. The zero-order chi connectivity index (χ0) is 14.6. The summed E-state index contributed by atoms with van der Waals surface area (Å²) in [5.41, 5.74) is 7.89. The number of hydrogen-bond donors (Lipinski definition) is 2. The van der Waals surface area contributed by atoms with Crippen molar-refractivity contribution in [1.29, 1.82) is 0 Å². The lowest BCUT2D eigenvalue weighted by Gasteiger charge is -2.06. The molecule has 3 N–H and O–H groups in total. The van der Waals surface area contributed by atoms with Crippen LogP contribution < -0.4 is 10.5 Å². The van der Waals surface area contributed by atoms with Crippen molar-refractivity contribution in [3.63, 3.8) is 0 Å². The van der Waals surface area contributed by atoms with Gasteiger partial charge in [0.2, 0.25) is 10.0 Å². The van der Waals surface area contributed by atoms with E-state index in [0.29, 0.717) is 17.9 Å². The molecule has 0 fully saturated rings. The Morgan fingerprint density at radius 1 is 1.25 bits per heavy atom. The van der Waals surface area contributed by atoms with Crippen LogP contribution in [0.25, 0.3) is 0 Å². The normalized spacial score (nSPS) is 11.7. The van der Waals surface area contributed by atoms with E-state index in [-0.39, 0.29) is 12.3 Å². The third-order valence-electron chi connectivity index (χ3n) is 2.76. The Morgan fingerprint density at radius 3 is 2.45 bits per heavy atom. The highest BCUT2D eigenvalue weighted by molar-refractivity contribution is 7.88. The number of aromatic nitrogens is 1. The molecule has 2 aromatic rings. The topological polar surface area (TPSA) is 98.2 Å². The molecule has 0 aliphatic rings. The fraction of sp³-hybridized carbons (Fsp3) is 0.308. The first-order valence-electron chi connectivity index (χ1n) is 6.16. The van der Waals surface area contributed by atoms with E-state index in [4.69, 9.17) is 10.3 Å². The Kier molecular flexibility index (Phi) is 4.53. The smallest absolute Gasteiger partial charge is 0.216 e. The highest BCUT2D eigenvalue weighted by Gasteiger charge is 2.12. The molecule has 7 heteroatoms. The summed E-state index contributed by atoms with van der Waals surface area (Å²) in [6.45, 7) is 2.32.